The number of hydrogen-bond donors (Lipinski definition) is 2. The number of carbonyl (C=O) groups excluding carboxylic acids is 2. The Kier molecular flexibility index (Phi) is 5.74. The van der Waals surface area contributed by atoms with Crippen LogP contribution in [-0.4, -0.2) is 17.6 Å². The summed E-state index contributed by atoms with van der Waals surface area (Å²) in [4.78, 5) is 24.4. The van der Waals surface area contributed by atoms with E-state index < -0.39 is 17.2 Å². The van der Waals surface area contributed by atoms with Crippen LogP contribution in [-0.2, 0) is 9.59 Å². The molecule has 134 valence electrons. The number of allylic oxidation sites excluding steroid dienone is 1. The molecule has 1 atom stereocenters. The fourth-order valence-corrected chi connectivity index (χ4v) is 3.72. The highest BCUT2D eigenvalue weighted by molar-refractivity contribution is 8.03. The van der Waals surface area contributed by atoms with Crippen molar-refractivity contribution in [3.63, 3.8) is 0 Å². The third-order valence-electron chi connectivity index (χ3n) is 4.56. The molecule has 1 aliphatic rings. The zero-order chi connectivity index (χ0) is 19.5. The van der Waals surface area contributed by atoms with Crippen LogP contribution in [0.1, 0.15) is 25.0 Å². The van der Waals surface area contributed by atoms with E-state index in [0.29, 0.717) is 10.6 Å². The molecule has 0 unspecified atom stereocenters. The van der Waals surface area contributed by atoms with E-state index in [2.05, 4.69) is 16.7 Å². The zero-order valence-electron chi connectivity index (χ0n) is 15.1. The molecule has 1 aliphatic heterocycles. The van der Waals surface area contributed by atoms with Gasteiger partial charge in [0.25, 0.3) is 0 Å². The van der Waals surface area contributed by atoms with E-state index in [4.69, 9.17) is 0 Å². The van der Waals surface area contributed by atoms with Crippen LogP contribution in [0, 0.1) is 47.8 Å². The van der Waals surface area contributed by atoms with Crippen molar-refractivity contribution in [1.29, 1.82) is 10.5 Å². The van der Waals surface area contributed by atoms with Gasteiger partial charge in [-0.05, 0) is 31.0 Å². The predicted molar refractivity (Wildman–Crippen MR) is 101 cm³/mol. The van der Waals surface area contributed by atoms with E-state index in [-0.39, 0.29) is 11.7 Å². The Morgan fingerprint density at radius 1 is 1.35 bits per heavy atom. The van der Waals surface area contributed by atoms with Crippen molar-refractivity contribution < 1.29 is 9.59 Å². The third kappa shape index (κ3) is 3.74. The Morgan fingerprint density at radius 2 is 2.04 bits per heavy atom. The fraction of sp³-hybridized carbons (Fsp3) is 0.368. The van der Waals surface area contributed by atoms with Gasteiger partial charge in [0, 0.05) is 11.1 Å². The molecular weight excluding hydrogens is 348 g/mol. The predicted octanol–water partition coefficient (Wildman–Crippen LogP) is 3.01. The highest BCUT2D eigenvalue weighted by atomic mass is 32.2. The van der Waals surface area contributed by atoms with Gasteiger partial charge in [0.1, 0.15) is 5.92 Å². The first-order chi connectivity index (χ1) is 12.2. The Morgan fingerprint density at radius 3 is 2.65 bits per heavy atom. The Labute approximate surface area is 157 Å². The first-order valence-electron chi connectivity index (χ1n) is 8.06. The number of nitrogens with one attached hydrogen (secondary N) is 2. The number of amides is 2. The molecule has 1 aromatic rings. The van der Waals surface area contributed by atoms with Crippen LogP contribution < -0.4 is 10.6 Å². The second kappa shape index (κ2) is 7.63. The van der Waals surface area contributed by atoms with Crippen molar-refractivity contribution in [2.45, 2.75) is 27.7 Å². The Bertz CT molecular complexity index is 875. The smallest absolute Gasteiger partial charge is 0.243 e. The molecule has 7 heteroatoms. The third-order valence-corrected chi connectivity index (χ3v) is 5.56. The lowest BCUT2D eigenvalue weighted by atomic mass is 9.72. The van der Waals surface area contributed by atoms with Gasteiger partial charge in [-0.1, -0.05) is 37.7 Å². The molecule has 0 spiro atoms. The van der Waals surface area contributed by atoms with Crippen LogP contribution >= 0.6 is 11.8 Å². The van der Waals surface area contributed by atoms with Crippen molar-refractivity contribution >= 4 is 29.3 Å². The summed E-state index contributed by atoms with van der Waals surface area (Å²) in [5, 5.41) is 24.5. The number of hydrogen-bond acceptors (Lipinski definition) is 5. The van der Waals surface area contributed by atoms with Crippen LogP contribution in [0.2, 0.25) is 0 Å². The average molecular weight is 368 g/mol. The molecule has 1 heterocycles. The van der Waals surface area contributed by atoms with Crippen molar-refractivity contribution in [1.82, 2.24) is 5.32 Å². The Balaban J connectivity index is 2.15. The average Bonchev–Trinajstić information content (AvgIpc) is 2.56. The van der Waals surface area contributed by atoms with Crippen LogP contribution in [0.5, 0.6) is 0 Å². The number of benzene rings is 1. The van der Waals surface area contributed by atoms with Gasteiger partial charge in [0.15, 0.2) is 0 Å². The first-order valence-corrected chi connectivity index (χ1v) is 9.05. The van der Waals surface area contributed by atoms with Crippen molar-refractivity contribution in [3.05, 3.63) is 39.9 Å². The minimum Gasteiger partial charge on any atom is -0.325 e. The number of rotatable bonds is 4. The number of thioether (sulfide) groups is 1. The molecule has 26 heavy (non-hydrogen) atoms. The number of nitriles is 2. The molecule has 0 fully saturated rings. The maximum Gasteiger partial charge on any atom is 0.243 e. The summed E-state index contributed by atoms with van der Waals surface area (Å²) in [6.07, 6.45) is 0. The number of aryl methyl sites for hydroxylation is 1. The molecule has 0 saturated heterocycles. The van der Waals surface area contributed by atoms with Gasteiger partial charge in [0.2, 0.25) is 11.8 Å². The molecule has 0 radical (unpaired) electrons. The van der Waals surface area contributed by atoms with E-state index >= 15 is 0 Å². The normalized spacial score (nSPS) is 18.5. The lowest BCUT2D eigenvalue weighted by Gasteiger charge is -2.34. The highest BCUT2D eigenvalue weighted by Crippen LogP contribution is 2.41. The summed E-state index contributed by atoms with van der Waals surface area (Å²) in [5.74, 6) is -1.58. The van der Waals surface area contributed by atoms with Gasteiger partial charge in [-0.3, -0.25) is 9.59 Å². The Hall–Kier alpha value is -2.77. The van der Waals surface area contributed by atoms with E-state index in [1.165, 1.54) is 0 Å². The lowest BCUT2D eigenvalue weighted by Crippen LogP contribution is -2.44. The summed E-state index contributed by atoms with van der Waals surface area (Å²) in [6.45, 7) is 7.28. The standard InChI is InChI=1S/C19H20N4O2S/c1-11-6-5-7-15(12(11)2)22-16(24)10-26-18-14(9-21)19(3,4)13(8-20)17(25)23-18/h5-7,13H,10H2,1-4H3,(H,22,24)(H,23,25)/t13-/m1/s1. The van der Waals surface area contributed by atoms with Gasteiger partial charge in [-0.15, -0.1) is 0 Å². The summed E-state index contributed by atoms with van der Waals surface area (Å²) in [5.41, 5.74) is 2.22. The van der Waals surface area contributed by atoms with Crippen LogP contribution in [0.15, 0.2) is 28.8 Å². The number of anilines is 1. The van der Waals surface area contributed by atoms with Gasteiger partial charge in [-0.25, -0.2) is 0 Å². The van der Waals surface area contributed by atoms with Gasteiger partial charge < -0.3 is 10.6 Å². The van der Waals surface area contributed by atoms with E-state index in [9.17, 15) is 20.1 Å². The molecule has 0 aromatic heterocycles. The molecule has 2 N–H and O–H groups in total. The van der Waals surface area contributed by atoms with Crippen molar-refractivity contribution in [2.24, 2.45) is 11.3 Å². The molecule has 2 rings (SSSR count). The molecule has 2 amide bonds. The van der Waals surface area contributed by atoms with Crippen LogP contribution in [0.25, 0.3) is 0 Å². The summed E-state index contributed by atoms with van der Waals surface area (Å²) in [7, 11) is 0. The molecule has 0 aliphatic carbocycles. The summed E-state index contributed by atoms with van der Waals surface area (Å²) >= 11 is 1.09. The second-order valence-corrected chi connectivity index (χ2v) is 7.66. The van der Waals surface area contributed by atoms with E-state index in [1.807, 2.05) is 38.1 Å². The van der Waals surface area contributed by atoms with Crippen LogP contribution in [0.3, 0.4) is 0 Å². The monoisotopic (exact) mass is 368 g/mol. The maximum absolute atomic E-state index is 12.3. The SMILES string of the molecule is Cc1cccc(NC(=O)CSC2=C(C#N)C(C)(C)[C@H](C#N)C(=O)N2)c1C. The molecule has 0 bridgehead atoms. The quantitative estimate of drug-likeness (QED) is 0.850. The van der Waals surface area contributed by atoms with Crippen molar-refractivity contribution in [3.8, 4) is 12.1 Å². The summed E-state index contributed by atoms with van der Waals surface area (Å²) in [6, 6.07) is 9.70. The maximum atomic E-state index is 12.3. The van der Waals surface area contributed by atoms with Gasteiger partial charge in [0.05, 0.1) is 28.5 Å². The minimum absolute atomic E-state index is 0.0431. The number of carbonyl (C=O) groups is 2. The van der Waals surface area contributed by atoms with E-state index in [0.717, 1.165) is 28.6 Å². The number of nitrogens with zero attached hydrogens (tertiary/aromatic N) is 2. The van der Waals surface area contributed by atoms with Crippen LogP contribution in [0.4, 0.5) is 5.69 Å². The summed E-state index contributed by atoms with van der Waals surface area (Å²) < 4.78 is 0. The first kappa shape index (κ1) is 19.6. The zero-order valence-corrected chi connectivity index (χ0v) is 16.0. The minimum atomic E-state index is -0.940. The highest BCUT2D eigenvalue weighted by Gasteiger charge is 2.44. The molecule has 6 nitrogen and oxygen atoms in total. The lowest BCUT2D eigenvalue weighted by molar-refractivity contribution is -0.125. The largest absolute Gasteiger partial charge is 0.325 e. The fourth-order valence-electron chi connectivity index (χ4n) is 2.74. The molecule has 0 saturated carbocycles. The topological polar surface area (TPSA) is 106 Å². The van der Waals surface area contributed by atoms with Gasteiger partial charge in [-0.2, -0.15) is 10.5 Å². The van der Waals surface area contributed by atoms with E-state index in [1.54, 1.807) is 13.8 Å². The molecular formula is C19H20N4O2S. The second-order valence-electron chi connectivity index (χ2n) is 6.67. The van der Waals surface area contributed by atoms with Gasteiger partial charge >= 0.3 is 0 Å². The molecule has 1 aromatic carbocycles. The van der Waals surface area contributed by atoms with Crippen molar-refractivity contribution in [2.75, 3.05) is 11.1 Å².